The molecule has 0 saturated carbocycles. The molecule has 0 aromatic heterocycles. The Hall–Kier alpha value is -5.63. The molecular formula is C57H69N4O2Si+. The Morgan fingerprint density at radius 1 is 0.750 bits per heavy atom. The number of anilines is 1. The summed E-state index contributed by atoms with van der Waals surface area (Å²) in [4.78, 5) is 26.5. The summed E-state index contributed by atoms with van der Waals surface area (Å²) in [5.74, 6) is 0.585. The molecule has 0 saturated heterocycles. The summed E-state index contributed by atoms with van der Waals surface area (Å²) >= 11 is 0. The summed E-state index contributed by atoms with van der Waals surface area (Å²) in [7, 11) is 6.57. The zero-order chi connectivity index (χ0) is 45.7. The predicted molar refractivity (Wildman–Crippen MR) is 275 cm³/mol. The number of hydrogen-bond acceptors (Lipinski definition) is 4. The van der Waals surface area contributed by atoms with E-state index in [-0.39, 0.29) is 17.6 Å². The Balaban J connectivity index is 1.28. The van der Waals surface area contributed by atoms with Crippen LogP contribution < -0.4 is 20.7 Å². The number of amides is 1. The molecule has 6 nitrogen and oxygen atoms in total. The van der Waals surface area contributed by atoms with E-state index in [1.807, 2.05) is 6.92 Å². The number of carbonyl (C=O) groups excluding carboxylic acids is 2. The van der Waals surface area contributed by atoms with E-state index in [0.717, 1.165) is 51.6 Å². The Kier molecular flexibility index (Phi) is 14.5. The topological polar surface area (TPSA) is 64.5 Å². The van der Waals surface area contributed by atoms with Crippen molar-refractivity contribution in [2.24, 2.45) is 5.92 Å². The van der Waals surface area contributed by atoms with Gasteiger partial charge in [0.15, 0.2) is 11.5 Å². The molecule has 1 aliphatic carbocycles. The molecule has 0 spiro atoms. The molecule has 0 bridgehead atoms. The number of allylic oxidation sites excluding steroid dienone is 5. The maximum absolute atomic E-state index is 12.2. The SMILES string of the molecule is C=C(C)C(=O)CCCCCCc1c2ccccc2c(CNCCCNC(=O)C(=C)C)c2ccc(-c3cccc(C4c5ccc(N(C)C)cc5[Si](C)(C)C5=CC(=[N+](C)C)C=CC54)c3)cc12. The van der Waals surface area contributed by atoms with Crippen molar-refractivity contribution in [3.63, 3.8) is 0 Å². The van der Waals surface area contributed by atoms with Crippen LogP contribution in [0.3, 0.4) is 0 Å². The number of benzene rings is 5. The quantitative estimate of drug-likeness (QED) is 0.0303. The third-order valence-electron chi connectivity index (χ3n) is 13.7. The zero-order valence-corrected chi connectivity index (χ0v) is 40.7. The van der Waals surface area contributed by atoms with Crippen molar-refractivity contribution >= 4 is 57.9 Å². The molecule has 5 aromatic carbocycles. The Morgan fingerprint density at radius 2 is 1.47 bits per heavy atom. The van der Waals surface area contributed by atoms with Crippen LogP contribution in [0.15, 0.2) is 133 Å². The summed E-state index contributed by atoms with van der Waals surface area (Å²) in [6, 6.07) is 32.6. The fourth-order valence-corrected chi connectivity index (χ4v) is 13.4. The van der Waals surface area contributed by atoms with Crippen molar-refractivity contribution in [3.05, 3.63) is 155 Å². The number of hydrogen-bond donors (Lipinski definition) is 2. The van der Waals surface area contributed by atoms with Gasteiger partial charge >= 0.3 is 0 Å². The van der Waals surface area contributed by atoms with Crippen LogP contribution in [0.2, 0.25) is 13.1 Å². The van der Waals surface area contributed by atoms with Crippen LogP contribution in [0.1, 0.15) is 80.5 Å². The lowest BCUT2D eigenvalue weighted by Crippen LogP contribution is -2.54. The summed E-state index contributed by atoms with van der Waals surface area (Å²) < 4.78 is 2.24. The number of ketones is 1. The van der Waals surface area contributed by atoms with Crippen LogP contribution in [-0.4, -0.2) is 71.3 Å². The minimum atomic E-state index is -2.02. The fourth-order valence-electron chi connectivity index (χ4n) is 9.99. The largest absolute Gasteiger partial charge is 0.378 e. The van der Waals surface area contributed by atoms with Gasteiger partial charge in [-0.1, -0.05) is 117 Å². The molecular weight excluding hydrogens is 801 g/mol. The van der Waals surface area contributed by atoms with Crippen LogP contribution in [0.4, 0.5) is 5.69 Å². The standard InChI is InChI=1S/C57H68N4O2Si/c1-38(2)53(62)24-14-12-11-13-21-46-45-22-15-16-23-47(45)52(37-58-31-18-32-59-57(63)39(3)4)48-28-25-41(34-51(46)48)40-19-17-20-42(33-40)56-49-29-26-43(60(5)6)35-54(49)64(9,10)55-36-44(61(7)8)27-30-50(55)56/h15-17,19-20,22-23,25-30,33-36,49,56,58H,1,3,11-14,18,21,24,31-32,37H2,2,4-10H3/p+1. The number of carbonyl (C=O) groups is 2. The molecule has 332 valence electrons. The number of nitrogens with zero attached hydrogens (tertiary/aromatic N) is 2. The van der Waals surface area contributed by atoms with Crippen molar-refractivity contribution in [1.29, 1.82) is 0 Å². The summed E-state index contributed by atoms with van der Waals surface area (Å²) in [5, 5.41) is 15.0. The van der Waals surface area contributed by atoms with Gasteiger partial charge in [-0.2, -0.15) is 0 Å². The molecule has 64 heavy (non-hydrogen) atoms. The molecule has 5 aromatic rings. The van der Waals surface area contributed by atoms with Gasteiger partial charge in [0.05, 0.1) is 0 Å². The van der Waals surface area contributed by atoms with Gasteiger partial charge in [0.2, 0.25) is 5.91 Å². The van der Waals surface area contributed by atoms with Crippen LogP contribution in [0.5, 0.6) is 0 Å². The van der Waals surface area contributed by atoms with Crippen LogP contribution in [0, 0.1) is 5.92 Å². The molecule has 1 aliphatic heterocycles. The van der Waals surface area contributed by atoms with E-state index in [0.29, 0.717) is 30.0 Å². The van der Waals surface area contributed by atoms with Crippen molar-refractivity contribution in [2.45, 2.75) is 84.3 Å². The van der Waals surface area contributed by atoms with Gasteiger partial charge < -0.3 is 15.5 Å². The van der Waals surface area contributed by atoms with Gasteiger partial charge in [-0.05, 0) is 130 Å². The monoisotopic (exact) mass is 870 g/mol. The molecule has 2 N–H and O–H groups in total. The summed E-state index contributed by atoms with van der Waals surface area (Å²) in [6.07, 6.45) is 13.8. The Bertz CT molecular complexity index is 2710. The first-order valence-corrected chi connectivity index (χ1v) is 26.3. The first-order chi connectivity index (χ1) is 30.7. The van der Waals surface area contributed by atoms with E-state index in [4.69, 9.17) is 0 Å². The summed E-state index contributed by atoms with van der Waals surface area (Å²) in [5.41, 5.74) is 11.7. The maximum Gasteiger partial charge on any atom is 0.246 e. The number of Topliss-reactive ketones (excluding diaryl/α,β-unsaturated/α-hetero) is 1. The second kappa shape index (κ2) is 20.0. The molecule has 7 heteroatoms. The molecule has 2 unspecified atom stereocenters. The molecule has 7 rings (SSSR count). The zero-order valence-electron chi connectivity index (χ0n) is 39.7. The highest BCUT2D eigenvalue weighted by Gasteiger charge is 2.46. The van der Waals surface area contributed by atoms with Crippen LogP contribution in [0.25, 0.3) is 32.7 Å². The molecule has 1 heterocycles. The van der Waals surface area contributed by atoms with Crippen molar-refractivity contribution < 1.29 is 14.2 Å². The number of nitrogens with one attached hydrogen (secondary N) is 2. The van der Waals surface area contributed by atoms with Crippen molar-refractivity contribution in [1.82, 2.24) is 10.6 Å². The average Bonchev–Trinajstić information content (AvgIpc) is 3.28. The van der Waals surface area contributed by atoms with Crippen LogP contribution >= 0.6 is 0 Å². The first kappa shape index (κ1) is 46.4. The normalized spacial score (nSPS) is 16.2. The second-order valence-electron chi connectivity index (χ2n) is 19.1. The van der Waals surface area contributed by atoms with Gasteiger partial charge in [0.1, 0.15) is 22.2 Å². The highest BCUT2D eigenvalue weighted by molar-refractivity contribution is 6.96. The van der Waals surface area contributed by atoms with E-state index >= 15 is 0 Å². The van der Waals surface area contributed by atoms with Crippen molar-refractivity contribution in [3.8, 4) is 11.1 Å². The molecule has 0 fully saturated rings. The fraction of sp³-hybridized carbons (Fsp3) is 0.351. The molecule has 1 amide bonds. The second-order valence-corrected chi connectivity index (χ2v) is 23.5. The Labute approximate surface area is 383 Å². The number of rotatable bonds is 18. The van der Waals surface area contributed by atoms with E-state index in [1.165, 1.54) is 71.5 Å². The number of aryl methyl sites for hydroxylation is 1. The van der Waals surface area contributed by atoms with Gasteiger partial charge in [-0.15, -0.1) is 0 Å². The lowest BCUT2D eigenvalue weighted by atomic mass is 9.77. The predicted octanol–water partition coefficient (Wildman–Crippen LogP) is 11.0. The first-order valence-electron chi connectivity index (χ1n) is 23.3. The third-order valence-corrected chi connectivity index (χ3v) is 17.4. The van der Waals surface area contributed by atoms with E-state index in [9.17, 15) is 9.59 Å². The molecule has 2 atom stereocenters. The minimum Gasteiger partial charge on any atom is -0.378 e. The minimum absolute atomic E-state index is 0.0910. The highest BCUT2D eigenvalue weighted by Crippen LogP contribution is 2.47. The third kappa shape index (κ3) is 9.86. The number of unbranched alkanes of at least 4 members (excludes halogenated alkanes) is 3. The lowest BCUT2D eigenvalue weighted by molar-refractivity contribution is -0.462. The van der Waals surface area contributed by atoms with Gasteiger partial charge in [0.25, 0.3) is 0 Å². The summed E-state index contributed by atoms with van der Waals surface area (Å²) in [6.45, 7) is 18.4. The smallest absolute Gasteiger partial charge is 0.246 e. The van der Waals surface area contributed by atoms with Gasteiger partial charge in [-0.3, -0.25) is 9.59 Å². The molecule has 0 radical (unpaired) electrons. The number of fused-ring (bicyclic) bond motifs is 4. The maximum atomic E-state index is 12.2. The van der Waals surface area contributed by atoms with Crippen LogP contribution in [-0.2, 0) is 22.6 Å². The van der Waals surface area contributed by atoms with Gasteiger partial charge in [0, 0.05) is 68.9 Å². The van der Waals surface area contributed by atoms with Gasteiger partial charge in [-0.25, -0.2) is 4.58 Å². The lowest BCUT2D eigenvalue weighted by Gasteiger charge is -2.44. The molecule has 2 aliphatic rings. The van der Waals surface area contributed by atoms with E-state index in [1.54, 1.807) is 12.1 Å². The van der Waals surface area contributed by atoms with E-state index in [2.05, 4.69) is 178 Å². The van der Waals surface area contributed by atoms with E-state index < -0.39 is 8.07 Å². The average molecular weight is 870 g/mol. The highest BCUT2D eigenvalue weighted by atomic mass is 28.3. The Morgan fingerprint density at radius 3 is 2.19 bits per heavy atom. The van der Waals surface area contributed by atoms with Crippen molar-refractivity contribution in [2.75, 3.05) is 46.2 Å².